The molecule has 0 saturated carbocycles. The smallest absolute Gasteiger partial charge is 0.328 e. The van der Waals surface area contributed by atoms with Gasteiger partial charge in [0.05, 0.1) is 6.61 Å². The minimum absolute atomic E-state index is 0.0381. The number of aryl methyl sites for hydroxylation is 3. The Kier molecular flexibility index (Phi) is 21.1. The minimum Gasteiger partial charge on any atom is -0.465 e. The van der Waals surface area contributed by atoms with Crippen LogP contribution in [-0.2, 0) is 57.9 Å². The van der Waals surface area contributed by atoms with Crippen LogP contribution in [0.25, 0.3) is 0 Å². The third-order valence-electron chi connectivity index (χ3n) is 9.81. The maximum atomic E-state index is 13.6. The second-order valence-electron chi connectivity index (χ2n) is 15.3. The molecule has 0 radical (unpaired) electrons. The summed E-state index contributed by atoms with van der Waals surface area (Å²) in [5, 5.41) is 15.2. The summed E-state index contributed by atoms with van der Waals surface area (Å²) in [5.74, 6) is -5.16. The normalized spacial score (nSPS) is 12.2. The number of carbonyl (C=O) groups is 7. The predicted molar refractivity (Wildman–Crippen MR) is 236 cm³/mol. The maximum absolute atomic E-state index is 13.6. The molecule has 3 heterocycles. The van der Waals surface area contributed by atoms with E-state index < -0.39 is 119 Å². The molecule has 0 saturated heterocycles. The monoisotopic (exact) mass is 943 g/mol. The van der Waals surface area contributed by atoms with Crippen molar-refractivity contribution in [3.8, 4) is 0 Å². The van der Waals surface area contributed by atoms with Crippen LogP contribution in [0.15, 0.2) is 47.4 Å². The molecular weight excluding hydrogens is 887 g/mol. The summed E-state index contributed by atoms with van der Waals surface area (Å²) < 4.78 is 7.66. The van der Waals surface area contributed by atoms with E-state index in [1.807, 2.05) is 0 Å². The Morgan fingerprint density at radius 1 is 0.552 bits per heavy atom. The van der Waals surface area contributed by atoms with E-state index in [4.69, 9.17) is 10.5 Å². The number of nitrogens with two attached hydrogens (primary N) is 1. The van der Waals surface area contributed by atoms with Crippen molar-refractivity contribution in [2.24, 2.45) is 5.73 Å². The zero-order valence-electron chi connectivity index (χ0n) is 37.5. The van der Waals surface area contributed by atoms with E-state index in [0.717, 1.165) is 13.7 Å². The Labute approximate surface area is 380 Å². The minimum atomic E-state index is -1.29. The Morgan fingerprint density at radius 2 is 0.881 bits per heavy atom. The molecule has 6 amide bonds. The molecule has 3 aromatic rings. The summed E-state index contributed by atoms with van der Waals surface area (Å²) in [4.78, 5) is 169. The van der Waals surface area contributed by atoms with Crippen LogP contribution in [0.3, 0.4) is 0 Å². The molecule has 27 nitrogen and oxygen atoms in total. The van der Waals surface area contributed by atoms with Gasteiger partial charge < -0.3 is 42.4 Å². The van der Waals surface area contributed by atoms with Gasteiger partial charge in [-0.25, -0.2) is 14.4 Å². The molecule has 0 unspecified atom stereocenters. The second-order valence-corrected chi connectivity index (χ2v) is 15.3. The lowest BCUT2D eigenvalue weighted by Gasteiger charge is -2.21. The summed E-state index contributed by atoms with van der Waals surface area (Å²) in [5.41, 5.74) is 1.65. The van der Waals surface area contributed by atoms with Gasteiger partial charge in [-0.05, 0) is 72.8 Å². The molecule has 0 bridgehead atoms. The summed E-state index contributed by atoms with van der Waals surface area (Å²) >= 11 is 0. The summed E-state index contributed by atoms with van der Waals surface area (Å²) in [6.45, 7) is 3.74. The fourth-order valence-electron chi connectivity index (χ4n) is 6.30. The first-order chi connectivity index (χ1) is 31.7. The molecule has 366 valence electrons. The molecule has 0 aliphatic carbocycles. The molecule has 11 N–H and O–H groups in total. The van der Waals surface area contributed by atoms with E-state index in [9.17, 15) is 62.3 Å². The largest absolute Gasteiger partial charge is 0.465 e. The summed E-state index contributed by atoms with van der Waals surface area (Å²) in [6.07, 6.45) is 3.94. The van der Waals surface area contributed by atoms with Gasteiger partial charge in [-0.3, -0.25) is 76.6 Å². The Hall–Kier alpha value is -7.71. The number of hydrogen-bond acceptors (Lipinski definition) is 15. The van der Waals surface area contributed by atoms with E-state index in [-0.39, 0.29) is 75.0 Å². The van der Waals surface area contributed by atoms with Gasteiger partial charge in [0, 0.05) is 48.4 Å². The van der Waals surface area contributed by atoms with Crippen molar-refractivity contribution in [2.45, 2.75) is 104 Å². The van der Waals surface area contributed by atoms with Crippen LogP contribution in [0.5, 0.6) is 0 Å². The molecule has 3 aromatic heterocycles. The van der Waals surface area contributed by atoms with Gasteiger partial charge in [-0.2, -0.15) is 0 Å². The number of aromatic nitrogens is 6. The standard InChI is InChI=1S/C40H57N13O14/c1-5-67-31(57)15-44-37(63)27(47-30(56)21-53-18-24(4)34(60)50-40(53)66)11-8-14-43-36(62)26(46-29(55)20-52-17-23(3)33(59)49-39(52)65)10-7-13-42-35(61)25(9-6-12-41)45-28(54)19-51-16-22(2)32(58)48-38(51)64/h16-18,25-27H,5-15,19-21,41H2,1-4H3,(H,42,61)(H,43,62)(H,44,63)(H,45,54)(H,46,55)(H,47,56)(H,48,58,64)(H,49,59,65)(H,50,60,66)/t25-,26-,27-/m0/s1. The third kappa shape index (κ3) is 17.7. The van der Waals surface area contributed by atoms with Gasteiger partial charge in [0.25, 0.3) is 16.7 Å². The number of rotatable bonds is 26. The molecule has 0 aliphatic rings. The molecule has 3 rings (SSSR count). The highest BCUT2D eigenvalue weighted by Crippen LogP contribution is 2.03. The number of esters is 1. The van der Waals surface area contributed by atoms with Crippen molar-refractivity contribution in [3.05, 3.63) is 97.8 Å². The van der Waals surface area contributed by atoms with Gasteiger partial charge in [-0.15, -0.1) is 0 Å². The van der Waals surface area contributed by atoms with Gasteiger partial charge in [0.15, 0.2) is 0 Å². The van der Waals surface area contributed by atoms with Gasteiger partial charge >= 0.3 is 23.0 Å². The first-order valence-electron chi connectivity index (χ1n) is 21.2. The van der Waals surface area contributed by atoms with Crippen molar-refractivity contribution in [3.63, 3.8) is 0 Å². The number of ether oxygens (including phenoxy) is 1. The Morgan fingerprint density at radius 3 is 1.21 bits per heavy atom. The quantitative estimate of drug-likeness (QED) is 0.0265. The summed E-state index contributed by atoms with van der Waals surface area (Å²) in [7, 11) is 0. The second kappa shape index (κ2) is 26.3. The lowest BCUT2D eigenvalue weighted by atomic mass is 10.1. The number of nitrogens with zero attached hydrogens (tertiary/aromatic N) is 3. The molecular formula is C40H57N13O14. The summed E-state index contributed by atoms with van der Waals surface area (Å²) in [6, 6.07) is -3.63. The molecule has 27 heteroatoms. The van der Waals surface area contributed by atoms with E-state index in [0.29, 0.717) is 6.42 Å². The highest BCUT2D eigenvalue weighted by Gasteiger charge is 2.25. The van der Waals surface area contributed by atoms with Crippen LogP contribution >= 0.6 is 0 Å². The average molecular weight is 944 g/mol. The van der Waals surface area contributed by atoms with Crippen LogP contribution in [0.2, 0.25) is 0 Å². The Balaban J connectivity index is 1.70. The first-order valence-corrected chi connectivity index (χ1v) is 21.2. The van der Waals surface area contributed by atoms with Crippen molar-refractivity contribution < 1.29 is 38.3 Å². The predicted octanol–water partition coefficient (Wildman–Crippen LogP) is -5.77. The number of H-pyrrole nitrogens is 3. The van der Waals surface area contributed by atoms with E-state index in [2.05, 4.69) is 46.9 Å². The van der Waals surface area contributed by atoms with Crippen molar-refractivity contribution in [2.75, 3.05) is 32.8 Å². The fraction of sp³-hybridized carbons (Fsp3) is 0.525. The topological polar surface area (TPSA) is 391 Å². The number of hydrogen-bond donors (Lipinski definition) is 10. The fourth-order valence-corrected chi connectivity index (χ4v) is 6.30. The molecule has 3 atom stereocenters. The zero-order valence-corrected chi connectivity index (χ0v) is 37.5. The average Bonchev–Trinajstić information content (AvgIpc) is 3.26. The van der Waals surface area contributed by atoms with Crippen molar-refractivity contribution in [1.29, 1.82) is 0 Å². The van der Waals surface area contributed by atoms with Crippen LogP contribution in [-0.4, -0.2) is 121 Å². The van der Waals surface area contributed by atoms with Crippen LogP contribution in [0.1, 0.15) is 62.1 Å². The lowest BCUT2D eigenvalue weighted by molar-refractivity contribution is -0.143. The molecule has 0 aliphatic heterocycles. The lowest BCUT2D eigenvalue weighted by Crippen LogP contribution is -2.50. The van der Waals surface area contributed by atoms with Crippen LogP contribution in [0.4, 0.5) is 0 Å². The highest BCUT2D eigenvalue weighted by atomic mass is 16.5. The maximum Gasteiger partial charge on any atom is 0.328 e. The molecule has 0 aromatic carbocycles. The van der Waals surface area contributed by atoms with Gasteiger partial charge in [-0.1, -0.05) is 0 Å². The van der Waals surface area contributed by atoms with Crippen LogP contribution in [0, 0.1) is 20.8 Å². The molecule has 0 spiro atoms. The van der Waals surface area contributed by atoms with Gasteiger partial charge in [0.1, 0.15) is 44.3 Å². The first kappa shape index (κ1) is 53.6. The molecule has 0 fully saturated rings. The van der Waals surface area contributed by atoms with Crippen molar-refractivity contribution >= 4 is 41.4 Å². The third-order valence-corrected chi connectivity index (χ3v) is 9.81. The number of amides is 6. The van der Waals surface area contributed by atoms with Crippen molar-refractivity contribution in [1.82, 2.24) is 60.6 Å². The zero-order chi connectivity index (χ0) is 49.8. The highest BCUT2D eigenvalue weighted by molar-refractivity contribution is 5.90. The number of nitrogens with one attached hydrogen (secondary N) is 9. The Bertz CT molecular complexity index is 2640. The van der Waals surface area contributed by atoms with Crippen LogP contribution < -0.4 is 71.4 Å². The molecule has 67 heavy (non-hydrogen) atoms. The van der Waals surface area contributed by atoms with E-state index >= 15 is 0 Å². The van der Waals surface area contributed by atoms with E-state index in [1.54, 1.807) is 6.92 Å². The number of aromatic amines is 3. The van der Waals surface area contributed by atoms with Gasteiger partial charge in [0.2, 0.25) is 35.4 Å². The SMILES string of the molecule is CCOC(=O)CNC(=O)[C@H](CCCNC(=O)[C@H](CCCNC(=O)[C@H](CCCN)NC(=O)Cn1cc(C)c(=O)[nH]c1=O)NC(=O)Cn1cc(C)c(=O)[nH]c1=O)NC(=O)Cn1cc(C)c(=O)[nH]c1=O. The van der Waals surface area contributed by atoms with E-state index in [1.165, 1.54) is 39.4 Å². The number of carbonyl (C=O) groups excluding carboxylic acids is 7.